The van der Waals surface area contributed by atoms with Gasteiger partial charge in [-0.25, -0.2) is 8.42 Å². The Morgan fingerprint density at radius 1 is 1.31 bits per heavy atom. The summed E-state index contributed by atoms with van der Waals surface area (Å²) in [5, 5.41) is 9.90. The SMILES string of the molecule is CC1(O)CCCN(CCCS(C)(=O)=O)CC1. The molecule has 4 nitrogen and oxygen atoms in total. The Labute approximate surface area is 98.6 Å². The van der Waals surface area contributed by atoms with E-state index in [1.807, 2.05) is 6.92 Å². The van der Waals surface area contributed by atoms with E-state index in [1.54, 1.807) is 0 Å². The number of sulfone groups is 1. The van der Waals surface area contributed by atoms with Crippen LogP contribution in [0.25, 0.3) is 0 Å². The lowest BCUT2D eigenvalue weighted by Crippen LogP contribution is -2.29. The van der Waals surface area contributed by atoms with E-state index < -0.39 is 15.4 Å². The quantitative estimate of drug-likeness (QED) is 0.795. The number of aliphatic hydroxyl groups is 1. The molecule has 5 heteroatoms. The van der Waals surface area contributed by atoms with Gasteiger partial charge in [0, 0.05) is 12.8 Å². The Bertz CT molecular complexity index is 311. The molecule has 0 aliphatic carbocycles. The maximum atomic E-state index is 11.0. The predicted octanol–water partition coefficient (Wildman–Crippen LogP) is 0.658. The molecule has 1 atom stereocenters. The van der Waals surface area contributed by atoms with Crippen LogP contribution in [0.5, 0.6) is 0 Å². The maximum absolute atomic E-state index is 11.0. The van der Waals surface area contributed by atoms with Gasteiger partial charge in [-0.05, 0) is 45.7 Å². The third-order valence-corrected chi connectivity index (χ3v) is 4.18. The zero-order chi connectivity index (χ0) is 12.2. The van der Waals surface area contributed by atoms with Crippen LogP contribution in [-0.4, -0.2) is 55.7 Å². The van der Waals surface area contributed by atoms with Gasteiger partial charge in [0.25, 0.3) is 0 Å². The third kappa shape index (κ3) is 5.82. The largest absolute Gasteiger partial charge is 0.390 e. The van der Waals surface area contributed by atoms with Gasteiger partial charge in [-0.2, -0.15) is 0 Å². The molecule has 1 saturated heterocycles. The topological polar surface area (TPSA) is 57.6 Å². The minimum absolute atomic E-state index is 0.264. The van der Waals surface area contributed by atoms with Gasteiger partial charge in [0.2, 0.25) is 0 Å². The van der Waals surface area contributed by atoms with Crippen LogP contribution in [0.2, 0.25) is 0 Å². The Balaban J connectivity index is 2.28. The lowest BCUT2D eigenvalue weighted by Gasteiger charge is -2.22. The molecule has 1 unspecified atom stereocenters. The van der Waals surface area contributed by atoms with E-state index in [-0.39, 0.29) is 5.75 Å². The number of likely N-dealkylation sites (tertiary alicyclic amines) is 1. The summed E-state index contributed by atoms with van der Waals surface area (Å²) in [4.78, 5) is 2.26. The van der Waals surface area contributed by atoms with Gasteiger partial charge in [0.15, 0.2) is 0 Å². The highest BCUT2D eigenvalue weighted by atomic mass is 32.2. The summed E-state index contributed by atoms with van der Waals surface area (Å²) in [5.41, 5.74) is -0.536. The van der Waals surface area contributed by atoms with Gasteiger partial charge in [-0.1, -0.05) is 0 Å². The Kier molecular flexibility index (Phi) is 4.76. The first kappa shape index (κ1) is 13.9. The molecule has 1 aliphatic rings. The van der Waals surface area contributed by atoms with Crippen molar-refractivity contribution in [1.29, 1.82) is 0 Å². The van der Waals surface area contributed by atoms with Crippen LogP contribution >= 0.6 is 0 Å². The summed E-state index contributed by atoms with van der Waals surface area (Å²) in [5.74, 6) is 0.264. The molecule has 0 aromatic carbocycles. The smallest absolute Gasteiger partial charge is 0.147 e. The average Bonchev–Trinajstić information content (AvgIpc) is 2.26. The highest BCUT2D eigenvalue weighted by Gasteiger charge is 2.24. The van der Waals surface area contributed by atoms with Gasteiger partial charge in [0.05, 0.1) is 11.4 Å². The van der Waals surface area contributed by atoms with E-state index >= 15 is 0 Å². The molecule has 16 heavy (non-hydrogen) atoms. The lowest BCUT2D eigenvalue weighted by atomic mass is 9.98. The normalized spacial score (nSPS) is 28.9. The fourth-order valence-corrected chi connectivity index (χ4v) is 2.75. The van der Waals surface area contributed by atoms with Gasteiger partial charge >= 0.3 is 0 Å². The van der Waals surface area contributed by atoms with Crippen molar-refractivity contribution >= 4 is 9.84 Å². The van der Waals surface area contributed by atoms with E-state index in [0.29, 0.717) is 6.42 Å². The van der Waals surface area contributed by atoms with Crippen molar-refractivity contribution in [3.63, 3.8) is 0 Å². The highest BCUT2D eigenvalue weighted by Crippen LogP contribution is 2.21. The van der Waals surface area contributed by atoms with Crippen molar-refractivity contribution in [1.82, 2.24) is 4.90 Å². The molecule has 0 aromatic rings. The van der Waals surface area contributed by atoms with Crippen molar-refractivity contribution in [2.75, 3.05) is 31.6 Å². The summed E-state index contributed by atoms with van der Waals surface area (Å²) in [6.07, 6.45) is 4.59. The first-order chi connectivity index (χ1) is 7.29. The van der Waals surface area contributed by atoms with Gasteiger partial charge < -0.3 is 10.0 Å². The molecular formula is C11H23NO3S. The summed E-state index contributed by atoms with van der Waals surface area (Å²) in [6, 6.07) is 0. The molecular weight excluding hydrogens is 226 g/mol. The Hall–Kier alpha value is -0.130. The van der Waals surface area contributed by atoms with E-state index in [1.165, 1.54) is 6.26 Å². The second kappa shape index (κ2) is 5.47. The molecule has 1 aliphatic heterocycles. The zero-order valence-electron chi connectivity index (χ0n) is 10.3. The molecule has 0 radical (unpaired) electrons. The summed E-state index contributed by atoms with van der Waals surface area (Å²) in [7, 11) is -2.83. The van der Waals surface area contributed by atoms with E-state index in [0.717, 1.165) is 38.9 Å². The molecule has 1 fully saturated rings. The molecule has 0 aromatic heterocycles. The number of rotatable bonds is 4. The number of nitrogens with zero attached hydrogens (tertiary/aromatic N) is 1. The molecule has 1 rings (SSSR count). The highest BCUT2D eigenvalue weighted by molar-refractivity contribution is 7.90. The van der Waals surface area contributed by atoms with Crippen LogP contribution in [0.15, 0.2) is 0 Å². The van der Waals surface area contributed by atoms with Crippen molar-refractivity contribution in [3.8, 4) is 0 Å². The van der Waals surface area contributed by atoms with Gasteiger partial charge in [0.1, 0.15) is 9.84 Å². The lowest BCUT2D eigenvalue weighted by molar-refractivity contribution is 0.0447. The van der Waals surface area contributed by atoms with Crippen molar-refractivity contribution in [2.45, 2.75) is 38.2 Å². The summed E-state index contributed by atoms with van der Waals surface area (Å²) in [6.45, 7) is 4.55. The van der Waals surface area contributed by atoms with Crippen molar-refractivity contribution < 1.29 is 13.5 Å². The van der Waals surface area contributed by atoms with Crippen LogP contribution in [0.1, 0.15) is 32.6 Å². The molecule has 0 saturated carbocycles. The second-order valence-corrected chi connectivity index (χ2v) is 7.44. The van der Waals surface area contributed by atoms with Crippen LogP contribution < -0.4 is 0 Å². The van der Waals surface area contributed by atoms with Crippen LogP contribution in [0.4, 0.5) is 0 Å². The van der Waals surface area contributed by atoms with E-state index in [2.05, 4.69) is 4.90 Å². The molecule has 0 bridgehead atoms. The number of hydrogen-bond acceptors (Lipinski definition) is 4. The predicted molar refractivity (Wildman–Crippen MR) is 65.2 cm³/mol. The Morgan fingerprint density at radius 2 is 2.00 bits per heavy atom. The first-order valence-corrected chi connectivity index (χ1v) is 7.97. The number of hydrogen-bond donors (Lipinski definition) is 1. The van der Waals surface area contributed by atoms with Crippen LogP contribution in [0, 0.1) is 0 Å². The fraction of sp³-hybridized carbons (Fsp3) is 1.00. The fourth-order valence-electron chi connectivity index (χ4n) is 2.09. The standard InChI is InChI=1S/C11H23NO3S/c1-11(13)5-3-7-12(9-6-11)8-4-10-16(2,14)15/h13H,3-10H2,1-2H3. The van der Waals surface area contributed by atoms with Crippen LogP contribution in [0.3, 0.4) is 0 Å². The maximum Gasteiger partial charge on any atom is 0.147 e. The van der Waals surface area contributed by atoms with Crippen molar-refractivity contribution in [2.24, 2.45) is 0 Å². The molecule has 96 valence electrons. The summed E-state index contributed by atoms with van der Waals surface area (Å²) >= 11 is 0. The van der Waals surface area contributed by atoms with Gasteiger partial charge in [-0.15, -0.1) is 0 Å². The van der Waals surface area contributed by atoms with E-state index in [9.17, 15) is 13.5 Å². The first-order valence-electron chi connectivity index (χ1n) is 5.91. The van der Waals surface area contributed by atoms with Crippen LogP contribution in [-0.2, 0) is 9.84 Å². The third-order valence-electron chi connectivity index (χ3n) is 3.15. The zero-order valence-corrected chi connectivity index (χ0v) is 11.1. The van der Waals surface area contributed by atoms with E-state index in [4.69, 9.17) is 0 Å². The minimum Gasteiger partial charge on any atom is -0.390 e. The second-order valence-electron chi connectivity index (χ2n) is 5.18. The minimum atomic E-state index is -2.83. The monoisotopic (exact) mass is 249 g/mol. The van der Waals surface area contributed by atoms with Gasteiger partial charge in [-0.3, -0.25) is 0 Å². The summed E-state index contributed by atoms with van der Waals surface area (Å²) < 4.78 is 22.0. The van der Waals surface area contributed by atoms with Crippen molar-refractivity contribution in [3.05, 3.63) is 0 Å². The molecule has 0 amide bonds. The Morgan fingerprint density at radius 3 is 2.62 bits per heavy atom. The molecule has 0 spiro atoms. The molecule has 1 N–H and O–H groups in total. The molecule has 1 heterocycles. The average molecular weight is 249 g/mol.